The van der Waals surface area contributed by atoms with Gasteiger partial charge in [-0.05, 0) is 63.0 Å². The topological polar surface area (TPSA) is 164 Å². The van der Waals surface area contributed by atoms with Gasteiger partial charge in [0.05, 0.1) is 30.1 Å². The second-order valence-corrected chi connectivity index (χ2v) is 19.5. The normalized spacial score (nSPS) is 25.0. The number of amides is 4. The number of carbonyl (C=O) groups is 4. The molecule has 5 atom stereocenters. The van der Waals surface area contributed by atoms with Crippen LogP contribution in [0.3, 0.4) is 0 Å². The van der Waals surface area contributed by atoms with Crippen molar-refractivity contribution < 1.29 is 37.1 Å². The van der Waals surface area contributed by atoms with Crippen molar-refractivity contribution in [3.63, 3.8) is 0 Å². The van der Waals surface area contributed by atoms with E-state index in [2.05, 4.69) is 16.6 Å². The molecule has 8 rings (SSSR count). The monoisotopic (exact) mass is 839 g/mol. The summed E-state index contributed by atoms with van der Waals surface area (Å²) in [6.07, 6.45) is 11.0. The zero-order chi connectivity index (χ0) is 42.0. The average Bonchev–Trinajstić information content (AvgIpc) is 4.20. The molecule has 1 unspecified atom stereocenters. The number of hydrogen-bond acceptors (Lipinski definition) is 9. The van der Waals surface area contributed by atoms with Gasteiger partial charge in [0.2, 0.25) is 27.7 Å². The quantitative estimate of drug-likeness (QED) is 0.177. The molecule has 13 nitrogen and oxygen atoms in total. The highest BCUT2D eigenvalue weighted by molar-refractivity contribution is 7.91. The standard InChI is InChI=1S/C46H57N5O8S/c1-3-33-28-46(33,45(55)49-60(56,57)36-18-19-36)48-43(53)40-26-35(59-41-27-38(31-15-9-5-10-16-31)47-39-25-34(58-2)17-20-37(39)41)29-51(40)44(54)32(23-30-13-7-4-8-14-30)24-42(52)50-21-11-6-12-22-50/h3,5,9-10,15-17,20,25,27,30,32-33,35-36,40H,1,4,6-8,11-14,18-19,21-24,26,28-29H2,2H3,(H,48,53)(H,49,55)/t32?,33-,35+,40-,46+/m0/s1. The maximum absolute atomic E-state index is 15.1. The van der Waals surface area contributed by atoms with Gasteiger partial charge >= 0.3 is 0 Å². The Morgan fingerprint density at radius 3 is 2.38 bits per heavy atom. The zero-order valence-corrected chi connectivity index (χ0v) is 35.3. The first kappa shape index (κ1) is 41.7. The summed E-state index contributed by atoms with van der Waals surface area (Å²) in [5.74, 6) is -1.39. The van der Waals surface area contributed by atoms with Gasteiger partial charge in [0.15, 0.2) is 0 Å². The lowest BCUT2D eigenvalue weighted by Gasteiger charge is -2.33. The summed E-state index contributed by atoms with van der Waals surface area (Å²) in [6.45, 7) is 5.27. The summed E-state index contributed by atoms with van der Waals surface area (Å²) in [7, 11) is -2.30. The van der Waals surface area contributed by atoms with Crippen LogP contribution in [0, 0.1) is 17.8 Å². The van der Waals surface area contributed by atoms with E-state index in [-0.39, 0.29) is 37.6 Å². The highest BCUT2D eigenvalue weighted by Crippen LogP contribution is 2.46. The molecular weight excluding hydrogens is 783 g/mol. The molecular formula is C46H57N5O8S. The van der Waals surface area contributed by atoms with Crippen molar-refractivity contribution in [2.75, 3.05) is 26.7 Å². The highest BCUT2D eigenvalue weighted by Gasteiger charge is 2.62. The molecule has 3 heterocycles. The highest BCUT2D eigenvalue weighted by atomic mass is 32.2. The largest absolute Gasteiger partial charge is 0.497 e. The number of nitrogens with one attached hydrogen (secondary N) is 2. The van der Waals surface area contributed by atoms with E-state index in [9.17, 15) is 22.8 Å². The van der Waals surface area contributed by atoms with Gasteiger partial charge in [0.25, 0.3) is 5.91 Å². The average molecular weight is 840 g/mol. The van der Waals surface area contributed by atoms with Crippen molar-refractivity contribution in [1.82, 2.24) is 24.8 Å². The molecule has 4 amide bonds. The molecule has 2 aliphatic heterocycles. The molecule has 5 fully saturated rings. The fraction of sp³-hybridized carbons (Fsp3) is 0.543. The van der Waals surface area contributed by atoms with E-state index in [1.807, 2.05) is 59.5 Å². The minimum Gasteiger partial charge on any atom is -0.497 e. The zero-order valence-electron chi connectivity index (χ0n) is 34.5. The van der Waals surface area contributed by atoms with Gasteiger partial charge in [0.1, 0.15) is 29.2 Å². The third-order valence-corrected chi connectivity index (χ3v) is 15.1. The number of nitrogens with zero attached hydrogens (tertiary/aromatic N) is 3. The molecule has 14 heteroatoms. The van der Waals surface area contributed by atoms with E-state index in [0.717, 1.165) is 62.3 Å². The predicted molar refractivity (Wildman–Crippen MR) is 227 cm³/mol. The summed E-state index contributed by atoms with van der Waals surface area (Å²) in [6, 6.07) is 16.1. The predicted octanol–water partition coefficient (Wildman–Crippen LogP) is 5.92. The van der Waals surface area contributed by atoms with E-state index >= 15 is 4.79 Å². The third-order valence-electron chi connectivity index (χ3n) is 13.3. The second kappa shape index (κ2) is 17.6. The molecule has 320 valence electrons. The lowest BCUT2D eigenvalue weighted by Crippen LogP contribution is -2.57. The summed E-state index contributed by atoms with van der Waals surface area (Å²) in [5, 5.41) is 3.01. The summed E-state index contributed by atoms with van der Waals surface area (Å²) >= 11 is 0. The number of likely N-dealkylation sites (tertiary alicyclic amines) is 2. The lowest BCUT2D eigenvalue weighted by molar-refractivity contribution is -0.146. The van der Waals surface area contributed by atoms with Gasteiger partial charge < -0.3 is 24.6 Å². The molecule has 0 spiro atoms. The Morgan fingerprint density at radius 2 is 1.70 bits per heavy atom. The number of methoxy groups -OCH3 is 1. The molecule has 2 N–H and O–H groups in total. The van der Waals surface area contributed by atoms with Crippen molar-refractivity contribution in [2.24, 2.45) is 17.8 Å². The number of sulfonamides is 1. The molecule has 0 bridgehead atoms. The first-order valence-electron chi connectivity index (χ1n) is 21.8. The third kappa shape index (κ3) is 9.03. The van der Waals surface area contributed by atoms with Gasteiger partial charge in [-0.1, -0.05) is 68.5 Å². The van der Waals surface area contributed by atoms with E-state index in [1.54, 1.807) is 18.1 Å². The molecule has 0 radical (unpaired) electrons. The molecule has 5 aliphatic rings. The first-order valence-corrected chi connectivity index (χ1v) is 23.3. The van der Waals surface area contributed by atoms with Gasteiger partial charge in [-0.25, -0.2) is 13.4 Å². The molecule has 3 aromatic rings. The number of aromatic nitrogens is 1. The number of hydrogen-bond donors (Lipinski definition) is 2. The van der Waals surface area contributed by atoms with Crippen LogP contribution in [0.1, 0.15) is 89.9 Å². The number of carbonyl (C=O) groups excluding carboxylic acids is 4. The number of piperidine rings is 1. The van der Waals surface area contributed by atoms with E-state index < -0.39 is 56.6 Å². The minimum absolute atomic E-state index is 0.0386. The smallest absolute Gasteiger partial charge is 0.259 e. The van der Waals surface area contributed by atoms with E-state index in [0.29, 0.717) is 61.0 Å². The Balaban J connectivity index is 1.11. The van der Waals surface area contributed by atoms with Crippen molar-refractivity contribution in [1.29, 1.82) is 0 Å². The lowest BCUT2D eigenvalue weighted by atomic mass is 9.81. The van der Waals surface area contributed by atoms with Gasteiger partial charge in [-0.2, -0.15) is 0 Å². The van der Waals surface area contributed by atoms with Crippen LogP contribution in [0.15, 0.2) is 67.3 Å². The Kier molecular flexibility index (Phi) is 12.2. The van der Waals surface area contributed by atoms with Crippen molar-refractivity contribution >= 4 is 44.6 Å². The van der Waals surface area contributed by atoms with Crippen molar-refractivity contribution in [3.05, 3.63) is 67.3 Å². The SMILES string of the molecule is C=C[C@H]1C[C@]1(NC(=O)[C@@H]1C[C@@H](Oc2cc(-c3ccccc3)nc3cc(OC)ccc23)CN1C(=O)C(CC(=O)N1CCCCC1)CC1CCCCC1)C(=O)NS(=O)(=O)C1CC1. The number of rotatable bonds is 15. The number of fused-ring (bicyclic) bond motifs is 1. The Morgan fingerprint density at radius 1 is 0.967 bits per heavy atom. The van der Waals surface area contributed by atoms with Crippen LogP contribution in [0.4, 0.5) is 0 Å². The first-order chi connectivity index (χ1) is 29.0. The summed E-state index contributed by atoms with van der Waals surface area (Å²) < 4.78 is 40.3. The van der Waals surface area contributed by atoms with Gasteiger partial charge in [-0.15, -0.1) is 6.58 Å². The molecule has 60 heavy (non-hydrogen) atoms. The molecule has 3 saturated carbocycles. The second-order valence-electron chi connectivity index (χ2n) is 17.5. The number of pyridine rings is 1. The number of benzene rings is 2. The van der Waals surface area contributed by atoms with Crippen LogP contribution in [-0.4, -0.2) is 96.5 Å². The Hall–Kier alpha value is -4.98. The van der Waals surface area contributed by atoms with Gasteiger partial charge in [0, 0.05) is 60.8 Å². The van der Waals surface area contributed by atoms with E-state index in [4.69, 9.17) is 14.5 Å². The van der Waals surface area contributed by atoms with Crippen LogP contribution in [0.2, 0.25) is 0 Å². The number of ether oxygens (including phenoxy) is 2. The summed E-state index contributed by atoms with van der Waals surface area (Å²) in [5.41, 5.74) is 0.678. The maximum atomic E-state index is 15.1. The van der Waals surface area contributed by atoms with Crippen molar-refractivity contribution in [2.45, 2.75) is 113 Å². The fourth-order valence-corrected chi connectivity index (χ4v) is 10.9. The van der Waals surface area contributed by atoms with Crippen LogP contribution in [0.25, 0.3) is 22.2 Å². The molecule has 1 aromatic heterocycles. The molecule has 2 saturated heterocycles. The fourth-order valence-electron chi connectivity index (χ4n) is 9.55. The Labute approximate surface area is 352 Å². The Bertz CT molecular complexity index is 2220. The molecule has 3 aliphatic carbocycles. The minimum atomic E-state index is -3.89. The van der Waals surface area contributed by atoms with Crippen LogP contribution >= 0.6 is 0 Å². The van der Waals surface area contributed by atoms with Crippen molar-refractivity contribution in [3.8, 4) is 22.8 Å². The van der Waals surface area contributed by atoms with Crippen LogP contribution < -0.4 is 19.5 Å². The maximum Gasteiger partial charge on any atom is 0.259 e. The molecule has 2 aromatic carbocycles. The van der Waals surface area contributed by atoms with Gasteiger partial charge in [-0.3, -0.25) is 23.9 Å². The summed E-state index contributed by atoms with van der Waals surface area (Å²) in [4.78, 5) is 65.7. The van der Waals surface area contributed by atoms with Crippen LogP contribution in [0.5, 0.6) is 11.5 Å². The van der Waals surface area contributed by atoms with E-state index in [1.165, 1.54) is 0 Å². The van der Waals surface area contributed by atoms with Crippen LogP contribution in [-0.2, 0) is 29.2 Å².